The van der Waals surface area contributed by atoms with Crippen LogP contribution in [0.25, 0.3) is 0 Å². The van der Waals surface area contributed by atoms with Gasteiger partial charge < -0.3 is 14.6 Å². The predicted octanol–water partition coefficient (Wildman–Crippen LogP) is 1.35. The molecule has 3 rings (SSSR count). The Bertz CT molecular complexity index is 1010. The second kappa shape index (κ2) is 9.95. The quantitative estimate of drug-likeness (QED) is 0.533. The van der Waals surface area contributed by atoms with Crippen LogP contribution in [0.2, 0.25) is 5.02 Å². The molecule has 4 nitrogen and oxygen atoms in total. The van der Waals surface area contributed by atoms with Crippen molar-refractivity contribution in [1.29, 1.82) is 0 Å². The summed E-state index contributed by atoms with van der Waals surface area (Å²) in [6.07, 6.45) is -4.53. The van der Waals surface area contributed by atoms with E-state index in [1.807, 2.05) is 0 Å². The number of nitrogens with zero attached hydrogens (tertiary/aromatic N) is 1. The fraction of sp³-hybridized carbons (Fsp3) is 0.158. The number of carboxylic acids is 1. The van der Waals surface area contributed by atoms with Crippen molar-refractivity contribution in [1.82, 2.24) is 4.98 Å². The minimum absolute atomic E-state index is 0. The molecule has 0 atom stereocenters. The Kier molecular flexibility index (Phi) is 8.13. The maximum Gasteiger partial charge on any atom is 1.00 e. The number of thiazole rings is 1. The third-order valence-electron chi connectivity index (χ3n) is 3.83. The van der Waals surface area contributed by atoms with E-state index in [0.29, 0.717) is 15.6 Å². The molecule has 3 aromatic rings. The number of hydrogen-bond acceptors (Lipinski definition) is 5. The summed E-state index contributed by atoms with van der Waals surface area (Å²) in [7, 11) is 0. The summed E-state index contributed by atoms with van der Waals surface area (Å²) in [5, 5.41) is 13.0. The fourth-order valence-electron chi connectivity index (χ4n) is 2.45. The second-order valence-corrected chi connectivity index (χ2v) is 7.14. The molecule has 0 spiro atoms. The number of aromatic nitrogens is 1. The molecule has 1 heterocycles. The van der Waals surface area contributed by atoms with Crippen LogP contribution in [0.3, 0.4) is 0 Å². The minimum atomic E-state index is -4.52. The summed E-state index contributed by atoms with van der Waals surface area (Å²) >= 11 is 7.10. The van der Waals surface area contributed by atoms with Crippen LogP contribution in [0.4, 0.5) is 13.2 Å². The Balaban J connectivity index is 0.00000300. The molecule has 0 aliphatic heterocycles. The van der Waals surface area contributed by atoms with E-state index in [0.717, 1.165) is 23.5 Å². The number of carbonyl (C=O) groups excluding carboxylic acids is 1. The first-order chi connectivity index (χ1) is 13.2. The monoisotopic (exact) mass is 449 g/mol. The molecule has 0 radical (unpaired) electrons. The van der Waals surface area contributed by atoms with Gasteiger partial charge in [0.25, 0.3) is 0 Å². The molecule has 0 fully saturated rings. The molecule has 0 saturated heterocycles. The molecule has 2 aromatic carbocycles. The predicted molar refractivity (Wildman–Crippen MR) is 96.5 cm³/mol. The zero-order chi connectivity index (χ0) is 20.3. The van der Waals surface area contributed by atoms with Gasteiger partial charge in [-0.1, -0.05) is 29.8 Å². The van der Waals surface area contributed by atoms with Crippen molar-refractivity contribution in [2.45, 2.75) is 19.2 Å². The summed E-state index contributed by atoms with van der Waals surface area (Å²) in [6.45, 7) is 0.0696. The fourth-order valence-corrected chi connectivity index (χ4v) is 3.43. The van der Waals surface area contributed by atoms with Gasteiger partial charge in [0.1, 0.15) is 12.4 Å². The minimum Gasteiger partial charge on any atom is -0.543 e. The number of rotatable bonds is 6. The Hall–Kier alpha value is -1.58. The van der Waals surface area contributed by atoms with Crippen molar-refractivity contribution in [3.63, 3.8) is 0 Å². The SMILES string of the molecule is O=C([O-])c1csc(Cc2cc(C(F)(F)F)ccc2OCc2ccccc2Cl)n1.[Na+]. The molecule has 146 valence electrons. The van der Waals surface area contributed by atoms with E-state index in [2.05, 4.69) is 4.98 Å². The zero-order valence-corrected chi connectivity index (χ0v) is 18.7. The van der Waals surface area contributed by atoms with E-state index in [1.165, 1.54) is 11.4 Å². The number of hydrogen-bond donors (Lipinski definition) is 0. The number of carbonyl (C=O) groups is 1. The smallest absolute Gasteiger partial charge is 0.543 e. The Morgan fingerprint density at radius 2 is 1.90 bits per heavy atom. The first-order valence-corrected chi connectivity index (χ1v) is 9.22. The maximum absolute atomic E-state index is 13.1. The Labute approximate surface area is 195 Å². The molecular formula is C19H12ClF3NNaO3S. The molecule has 29 heavy (non-hydrogen) atoms. The van der Waals surface area contributed by atoms with Crippen molar-refractivity contribution in [3.8, 4) is 5.75 Å². The van der Waals surface area contributed by atoms with Crippen molar-refractivity contribution in [3.05, 3.63) is 80.3 Å². The van der Waals surface area contributed by atoms with Gasteiger partial charge in [-0.25, -0.2) is 4.98 Å². The molecule has 0 aliphatic rings. The van der Waals surface area contributed by atoms with Gasteiger partial charge in [0, 0.05) is 28.0 Å². The van der Waals surface area contributed by atoms with E-state index >= 15 is 0 Å². The number of halogens is 4. The van der Waals surface area contributed by atoms with Gasteiger partial charge in [-0.2, -0.15) is 13.2 Å². The Morgan fingerprint density at radius 1 is 1.17 bits per heavy atom. The molecule has 10 heteroatoms. The number of benzene rings is 2. The molecule has 0 bridgehead atoms. The van der Waals surface area contributed by atoms with Crippen LogP contribution in [-0.4, -0.2) is 11.0 Å². The number of ether oxygens (including phenoxy) is 1. The standard InChI is InChI=1S/C19H13ClF3NO3S.Na/c20-14-4-2-1-3-11(14)9-27-16-6-5-13(19(21,22)23)7-12(16)8-17-24-15(10-28-17)18(25)26;/h1-7,10H,8-9H2,(H,25,26);/q;+1/p-1. The van der Waals surface area contributed by atoms with Crippen LogP contribution < -0.4 is 39.4 Å². The van der Waals surface area contributed by atoms with Crippen molar-refractivity contribution < 1.29 is 57.4 Å². The third-order valence-corrected chi connectivity index (χ3v) is 5.05. The molecule has 0 saturated carbocycles. The van der Waals surface area contributed by atoms with Gasteiger partial charge >= 0.3 is 35.7 Å². The van der Waals surface area contributed by atoms with E-state index in [9.17, 15) is 23.1 Å². The molecular weight excluding hydrogens is 438 g/mol. The Morgan fingerprint density at radius 3 is 2.52 bits per heavy atom. The summed E-state index contributed by atoms with van der Waals surface area (Å²) in [4.78, 5) is 14.7. The molecule has 0 aliphatic carbocycles. The topological polar surface area (TPSA) is 62.2 Å². The first kappa shape index (κ1) is 23.7. The largest absolute Gasteiger partial charge is 1.00 e. The second-order valence-electron chi connectivity index (χ2n) is 5.79. The average molecular weight is 450 g/mol. The third kappa shape index (κ3) is 6.20. The van der Waals surface area contributed by atoms with Crippen LogP contribution >= 0.6 is 22.9 Å². The van der Waals surface area contributed by atoms with Crippen LogP contribution in [0, 0.1) is 0 Å². The summed E-state index contributed by atoms with van der Waals surface area (Å²) < 4.78 is 45.0. The summed E-state index contributed by atoms with van der Waals surface area (Å²) in [5.74, 6) is -1.21. The number of carboxylic acid groups (broad SMARTS) is 1. The summed E-state index contributed by atoms with van der Waals surface area (Å²) in [6, 6.07) is 10.1. The van der Waals surface area contributed by atoms with Crippen molar-refractivity contribution in [2.75, 3.05) is 0 Å². The van der Waals surface area contributed by atoms with Gasteiger partial charge in [-0.05, 0) is 24.3 Å². The van der Waals surface area contributed by atoms with Gasteiger partial charge in [-0.15, -0.1) is 11.3 Å². The molecule has 1 aromatic heterocycles. The van der Waals surface area contributed by atoms with E-state index in [1.54, 1.807) is 24.3 Å². The molecule has 0 N–H and O–H groups in total. The summed E-state index contributed by atoms with van der Waals surface area (Å²) in [5.41, 5.74) is -0.167. The van der Waals surface area contributed by atoms with E-state index in [4.69, 9.17) is 16.3 Å². The van der Waals surface area contributed by atoms with Gasteiger partial charge in [0.05, 0.1) is 22.2 Å². The van der Waals surface area contributed by atoms with Crippen molar-refractivity contribution in [2.24, 2.45) is 0 Å². The number of alkyl halides is 3. The normalized spacial score (nSPS) is 11.0. The van der Waals surface area contributed by atoms with Crippen molar-refractivity contribution >= 4 is 28.9 Å². The van der Waals surface area contributed by atoms with Gasteiger partial charge in [0.2, 0.25) is 0 Å². The zero-order valence-electron chi connectivity index (χ0n) is 15.1. The average Bonchev–Trinajstić information content (AvgIpc) is 3.10. The van der Waals surface area contributed by atoms with E-state index < -0.39 is 17.7 Å². The van der Waals surface area contributed by atoms with Crippen LogP contribution in [0.15, 0.2) is 47.8 Å². The van der Waals surface area contributed by atoms with Crippen LogP contribution in [0.1, 0.15) is 32.2 Å². The maximum atomic E-state index is 13.1. The van der Waals surface area contributed by atoms with Gasteiger partial charge in [0.15, 0.2) is 0 Å². The molecule has 0 unspecified atom stereocenters. The number of aromatic carboxylic acids is 1. The van der Waals surface area contributed by atoms with Crippen LogP contribution in [0.5, 0.6) is 5.75 Å². The van der Waals surface area contributed by atoms with Crippen LogP contribution in [-0.2, 0) is 19.2 Å². The molecule has 0 amide bonds. The van der Waals surface area contributed by atoms with E-state index in [-0.39, 0.29) is 59.6 Å². The van der Waals surface area contributed by atoms with Gasteiger partial charge in [-0.3, -0.25) is 0 Å². The first-order valence-electron chi connectivity index (χ1n) is 7.96.